The Morgan fingerprint density at radius 3 is 2.88 bits per heavy atom. The summed E-state index contributed by atoms with van der Waals surface area (Å²) in [6, 6.07) is 0.0151. The number of anilines is 1. The van der Waals surface area contributed by atoms with Gasteiger partial charge in [0, 0.05) is 19.3 Å². The highest BCUT2D eigenvalue weighted by molar-refractivity contribution is 6.30. The van der Waals surface area contributed by atoms with Gasteiger partial charge in [0.25, 0.3) is 0 Å². The number of ether oxygens (including phenoxy) is 1. The summed E-state index contributed by atoms with van der Waals surface area (Å²) in [4.78, 5) is 8.11. The molecule has 0 aromatic carbocycles. The van der Waals surface area contributed by atoms with E-state index in [1.165, 1.54) is 6.33 Å². The highest BCUT2D eigenvalue weighted by atomic mass is 35.5. The third kappa shape index (κ3) is 4.11. The van der Waals surface area contributed by atoms with E-state index in [9.17, 15) is 0 Å². The molecule has 1 atom stereocenters. The smallest absolute Gasteiger partial charge is 0.137 e. The van der Waals surface area contributed by atoms with E-state index in [2.05, 4.69) is 15.3 Å². The Morgan fingerprint density at radius 2 is 2.29 bits per heavy atom. The minimum atomic E-state index is 0.0151. The number of rotatable bonds is 7. The van der Waals surface area contributed by atoms with Gasteiger partial charge in [-0.3, -0.25) is 0 Å². The number of hydrogen-bond donors (Lipinski definition) is 2. The molecule has 0 bridgehead atoms. The summed E-state index contributed by atoms with van der Waals surface area (Å²) in [5.74, 6) is 0.711. The van der Waals surface area contributed by atoms with E-state index >= 15 is 0 Å². The second-order valence-corrected chi connectivity index (χ2v) is 4.01. The molecular formula is C11H18ClN3O2. The first-order chi connectivity index (χ1) is 8.22. The lowest BCUT2D eigenvalue weighted by molar-refractivity contribution is 0.170. The van der Waals surface area contributed by atoms with Crippen LogP contribution in [0.4, 0.5) is 5.82 Å². The number of aliphatic hydroxyl groups excluding tert-OH is 1. The SMILES string of the molecule is CCc1c(Cl)ncnc1NC(CCO)COC. The van der Waals surface area contributed by atoms with Crippen LogP contribution in [0.15, 0.2) is 6.33 Å². The molecule has 0 saturated carbocycles. The first-order valence-electron chi connectivity index (χ1n) is 5.58. The summed E-state index contributed by atoms with van der Waals surface area (Å²) in [5, 5.41) is 12.7. The van der Waals surface area contributed by atoms with Crippen LogP contribution in [0.2, 0.25) is 5.15 Å². The van der Waals surface area contributed by atoms with Crippen molar-refractivity contribution in [1.82, 2.24) is 9.97 Å². The lowest BCUT2D eigenvalue weighted by atomic mass is 10.2. The Balaban J connectivity index is 2.80. The van der Waals surface area contributed by atoms with Crippen molar-refractivity contribution >= 4 is 17.4 Å². The van der Waals surface area contributed by atoms with Gasteiger partial charge in [0.2, 0.25) is 0 Å². The van der Waals surface area contributed by atoms with Gasteiger partial charge in [-0.05, 0) is 12.8 Å². The molecule has 5 nitrogen and oxygen atoms in total. The number of hydrogen-bond acceptors (Lipinski definition) is 5. The molecule has 0 aliphatic heterocycles. The standard InChI is InChI=1S/C11H18ClN3O2/c1-3-9-10(12)13-7-14-11(9)15-8(4-5-16)6-17-2/h7-8,16H,3-6H2,1-2H3,(H,13,14,15). The van der Waals surface area contributed by atoms with E-state index in [-0.39, 0.29) is 12.6 Å². The highest BCUT2D eigenvalue weighted by Gasteiger charge is 2.13. The lowest BCUT2D eigenvalue weighted by Gasteiger charge is -2.19. The lowest BCUT2D eigenvalue weighted by Crippen LogP contribution is -2.27. The van der Waals surface area contributed by atoms with Crippen LogP contribution in [0.5, 0.6) is 0 Å². The minimum absolute atomic E-state index is 0.0151. The fraction of sp³-hybridized carbons (Fsp3) is 0.636. The van der Waals surface area contributed by atoms with Crippen LogP contribution in [0.25, 0.3) is 0 Å². The van der Waals surface area contributed by atoms with Gasteiger partial charge >= 0.3 is 0 Å². The maximum atomic E-state index is 8.97. The van der Waals surface area contributed by atoms with Crippen LogP contribution in [-0.2, 0) is 11.2 Å². The Bertz CT molecular complexity index is 343. The molecule has 17 heavy (non-hydrogen) atoms. The molecule has 1 heterocycles. The van der Waals surface area contributed by atoms with E-state index < -0.39 is 0 Å². The zero-order valence-corrected chi connectivity index (χ0v) is 10.9. The van der Waals surface area contributed by atoms with E-state index in [0.29, 0.717) is 24.0 Å². The Morgan fingerprint density at radius 1 is 1.53 bits per heavy atom. The van der Waals surface area contributed by atoms with Gasteiger partial charge in [0.05, 0.1) is 12.6 Å². The van der Waals surface area contributed by atoms with Gasteiger partial charge in [-0.15, -0.1) is 0 Å². The van der Waals surface area contributed by atoms with Crippen molar-refractivity contribution in [3.63, 3.8) is 0 Å². The molecule has 0 radical (unpaired) electrons. The fourth-order valence-corrected chi connectivity index (χ4v) is 1.84. The van der Waals surface area contributed by atoms with Crippen LogP contribution in [0, 0.1) is 0 Å². The Kier molecular flexibility index (Phi) is 6.18. The van der Waals surface area contributed by atoms with E-state index in [4.69, 9.17) is 21.4 Å². The molecule has 0 fully saturated rings. The quantitative estimate of drug-likeness (QED) is 0.727. The van der Waals surface area contributed by atoms with Crippen molar-refractivity contribution in [1.29, 1.82) is 0 Å². The normalized spacial score (nSPS) is 12.5. The second kappa shape index (κ2) is 7.42. The average Bonchev–Trinajstić information content (AvgIpc) is 2.30. The van der Waals surface area contributed by atoms with Crippen molar-refractivity contribution in [3.05, 3.63) is 17.0 Å². The van der Waals surface area contributed by atoms with Gasteiger partial charge in [-0.1, -0.05) is 18.5 Å². The second-order valence-electron chi connectivity index (χ2n) is 3.65. The van der Waals surface area contributed by atoms with Gasteiger partial charge in [0.15, 0.2) is 0 Å². The number of halogens is 1. The molecule has 6 heteroatoms. The van der Waals surface area contributed by atoms with Gasteiger partial charge in [-0.25, -0.2) is 9.97 Å². The molecule has 0 saturated heterocycles. The van der Waals surface area contributed by atoms with Crippen LogP contribution >= 0.6 is 11.6 Å². The molecular weight excluding hydrogens is 242 g/mol. The van der Waals surface area contributed by atoms with Gasteiger partial charge < -0.3 is 15.2 Å². The van der Waals surface area contributed by atoms with Crippen LogP contribution in [0.1, 0.15) is 18.9 Å². The third-order valence-corrected chi connectivity index (χ3v) is 2.76. The number of methoxy groups -OCH3 is 1. The molecule has 1 rings (SSSR count). The van der Waals surface area contributed by atoms with Crippen molar-refractivity contribution in [3.8, 4) is 0 Å². The molecule has 1 aromatic rings. The fourth-order valence-electron chi connectivity index (χ4n) is 1.58. The summed E-state index contributed by atoms with van der Waals surface area (Å²) in [5.41, 5.74) is 0.883. The molecule has 0 aliphatic carbocycles. The van der Waals surface area contributed by atoms with E-state index in [0.717, 1.165) is 12.0 Å². The maximum absolute atomic E-state index is 8.97. The van der Waals surface area contributed by atoms with Crippen molar-refractivity contribution < 1.29 is 9.84 Å². The van der Waals surface area contributed by atoms with Crippen molar-refractivity contribution in [2.24, 2.45) is 0 Å². The summed E-state index contributed by atoms with van der Waals surface area (Å²) in [6.07, 6.45) is 2.77. The van der Waals surface area contributed by atoms with Gasteiger partial charge in [-0.2, -0.15) is 0 Å². The predicted octanol–water partition coefficient (Wildman–Crippen LogP) is 1.50. The Hall–Kier alpha value is -0.910. The summed E-state index contributed by atoms with van der Waals surface area (Å²) in [6.45, 7) is 2.60. The predicted molar refractivity (Wildman–Crippen MR) is 67.4 cm³/mol. The summed E-state index contributed by atoms with van der Waals surface area (Å²) >= 11 is 6.00. The van der Waals surface area contributed by atoms with Crippen molar-refractivity contribution in [2.45, 2.75) is 25.8 Å². The molecule has 2 N–H and O–H groups in total. The topological polar surface area (TPSA) is 67.3 Å². The molecule has 0 amide bonds. The Labute approximate surface area is 106 Å². The summed E-state index contributed by atoms with van der Waals surface area (Å²) in [7, 11) is 1.62. The first kappa shape index (κ1) is 14.2. The van der Waals surface area contributed by atoms with Gasteiger partial charge in [0.1, 0.15) is 17.3 Å². The maximum Gasteiger partial charge on any atom is 0.137 e. The highest BCUT2D eigenvalue weighted by Crippen LogP contribution is 2.21. The molecule has 1 aromatic heterocycles. The molecule has 0 spiro atoms. The average molecular weight is 260 g/mol. The van der Waals surface area contributed by atoms with Crippen LogP contribution in [0.3, 0.4) is 0 Å². The van der Waals surface area contributed by atoms with Crippen LogP contribution in [-0.4, -0.2) is 41.4 Å². The number of aromatic nitrogens is 2. The zero-order chi connectivity index (χ0) is 12.7. The van der Waals surface area contributed by atoms with Crippen molar-refractivity contribution in [2.75, 3.05) is 25.6 Å². The molecule has 96 valence electrons. The van der Waals surface area contributed by atoms with Crippen LogP contribution < -0.4 is 5.32 Å². The zero-order valence-electron chi connectivity index (χ0n) is 10.1. The van der Waals surface area contributed by atoms with E-state index in [1.54, 1.807) is 7.11 Å². The largest absolute Gasteiger partial charge is 0.396 e. The minimum Gasteiger partial charge on any atom is -0.396 e. The van der Waals surface area contributed by atoms with E-state index in [1.807, 2.05) is 6.92 Å². The number of nitrogens with zero attached hydrogens (tertiary/aromatic N) is 2. The molecule has 1 unspecified atom stereocenters. The first-order valence-corrected chi connectivity index (χ1v) is 5.96. The third-order valence-electron chi connectivity index (χ3n) is 2.43. The number of aliphatic hydroxyl groups is 1. The summed E-state index contributed by atoms with van der Waals surface area (Å²) < 4.78 is 5.08. The monoisotopic (exact) mass is 259 g/mol. The molecule has 0 aliphatic rings. The number of nitrogens with one attached hydrogen (secondary N) is 1.